The summed E-state index contributed by atoms with van der Waals surface area (Å²) < 4.78 is 4.72. The Labute approximate surface area is 338 Å². The Bertz CT molecular complexity index is 3210. The number of fused-ring (bicyclic) bond motifs is 7. The topological polar surface area (TPSA) is 48.5 Å². The molecule has 5 heteroatoms. The molecular formula is C53H43N5. The molecular weight excluding hydrogens is 707 g/mol. The fraction of sp³-hybridized carbons (Fsp3) is 0.151. The standard InChI is InChI=1S/C53H43N5/c1-52(2)27-28-53(3,4)44-33-48-40(30-43(44)52)42-32-46-41(39-25-14-15-26-45(39)57(46)38-23-12-7-13-24-38)31-47(42)58(48)51-55-49(35-19-10-6-11-20-35)54-50(56-51)37-22-16-21-36(29-37)34-17-8-5-9-18-34/h5-26,29-33H,27-28H2,1-4H3. The lowest BCUT2D eigenvalue weighted by Crippen LogP contribution is -2.33. The summed E-state index contributed by atoms with van der Waals surface area (Å²) >= 11 is 0. The Morgan fingerprint density at radius 3 is 1.59 bits per heavy atom. The Morgan fingerprint density at radius 2 is 0.879 bits per heavy atom. The highest BCUT2D eigenvalue weighted by atomic mass is 15.2. The molecule has 280 valence electrons. The van der Waals surface area contributed by atoms with Gasteiger partial charge in [-0.2, -0.15) is 9.97 Å². The number of nitrogens with zero attached hydrogens (tertiary/aromatic N) is 5. The van der Waals surface area contributed by atoms with Crippen LogP contribution in [0.25, 0.3) is 89.2 Å². The summed E-state index contributed by atoms with van der Waals surface area (Å²) in [5, 5.41) is 4.79. The van der Waals surface area contributed by atoms with Crippen LogP contribution in [0.4, 0.5) is 0 Å². The summed E-state index contributed by atoms with van der Waals surface area (Å²) in [7, 11) is 0. The molecule has 0 bridgehead atoms. The van der Waals surface area contributed by atoms with Crippen LogP contribution < -0.4 is 0 Å². The molecule has 7 aromatic carbocycles. The van der Waals surface area contributed by atoms with Crippen molar-refractivity contribution in [2.24, 2.45) is 0 Å². The lowest BCUT2D eigenvalue weighted by atomic mass is 9.63. The third-order valence-corrected chi connectivity index (χ3v) is 12.6. The highest BCUT2D eigenvalue weighted by Gasteiger charge is 2.38. The molecule has 10 aromatic rings. The average Bonchev–Trinajstić information content (AvgIpc) is 3.76. The molecule has 3 aromatic heterocycles. The molecule has 5 nitrogen and oxygen atoms in total. The molecule has 0 aliphatic heterocycles. The van der Waals surface area contributed by atoms with E-state index in [0.29, 0.717) is 17.6 Å². The van der Waals surface area contributed by atoms with Crippen LogP contribution in [-0.2, 0) is 10.8 Å². The minimum absolute atomic E-state index is 0.0163. The van der Waals surface area contributed by atoms with Crippen LogP contribution in [-0.4, -0.2) is 24.1 Å². The van der Waals surface area contributed by atoms with Gasteiger partial charge in [0.2, 0.25) is 5.95 Å². The van der Waals surface area contributed by atoms with Gasteiger partial charge in [0.1, 0.15) is 0 Å². The first-order chi connectivity index (χ1) is 28.2. The van der Waals surface area contributed by atoms with E-state index in [1.54, 1.807) is 0 Å². The van der Waals surface area contributed by atoms with Gasteiger partial charge in [0, 0.05) is 38.4 Å². The maximum Gasteiger partial charge on any atom is 0.238 e. The van der Waals surface area contributed by atoms with Crippen molar-refractivity contribution in [3.8, 4) is 45.5 Å². The van der Waals surface area contributed by atoms with Gasteiger partial charge in [-0.15, -0.1) is 0 Å². The van der Waals surface area contributed by atoms with Crippen molar-refractivity contribution in [3.63, 3.8) is 0 Å². The van der Waals surface area contributed by atoms with E-state index in [-0.39, 0.29) is 10.8 Å². The molecule has 3 heterocycles. The largest absolute Gasteiger partial charge is 0.309 e. The minimum Gasteiger partial charge on any atom is -0.309 e. The number of hydrogen-bond acceptors (Lipinski definition) is 3. The van der Waals surface area contributed by atoms with Gasteiger partial charge < -0.3 is 4.57 Å². The van der Waals surface area contributed by atoms with Gasteiger partial charge in [0.25, 0.3) is 0 Å². The van der Waals surface area contributed by atoms with Crippen LogP contribution in [0.2, 0.25) is 0 Å². The van der Waals surface area contributed by atoms with Crippen LogP contribution in [0.15, 0.2) is 164 Å². The van der Waals surface area contributed by atoms with Crippen LogP contribution in [0.5, 0.6) is 0 Å². The number of hydrogen-bond donors (Lipinski definition) is 0. The van der Waals surface area contributed by atoms with Crippen molar-refractivity contribution in [1.29, 1.82) is 0 Å². The molecule has 11 rings (SSSR count). The van der Waals surface area contributed by atoms with Crippen LogP contribution >= 0.6 is 0 Å². The second kappa shape index (κ2) is 12.8. The third-order valence-electron chi connectivity index (χ3n) is 12.6. The molecule has 0 saturated heterocycles. The quantitative estimate of drug-likeness (QED) is 0.176. The van der Waals surface area contributed by atoms with E-state index in [1.807, 2.05) is 18.2 Å². The molecule has 0 radical (unpaired) electrons. The van der Waals surface area contributed by atoms with Crippen LogP contribution in [0.3, 0.4) is 0 Å². The van der Waals surface area contributed by atoms with Gasteiger partial charge in [-0.3, -0.25) is 4.57 Å². The summed E-state index contributed by atoms with van der Waals surface area (Å²) in [6.45, 7) is 9.62. The average molecular weight is 750 g/mol. The summed E-state index contributed by atoms with van der Waals surface area (Å²) in [4.78, 5) is 16.0. The zero-order chi connectivity index (χ0) is 39.2. The maximum atomic E-state index is 5.41. The molecule has 0 fully saturated rings. The van der Waals surface area contributed by atoms with E-state index < -0.39 is 0 Å². The highest BCUT2D eigenvalue weighted by molar-refractivity contribution is 6.19. The monoisotopic (exact) mass is 749 g/mol. The van der Waals surface area contributed by atoms with Gasteiger partial charge in [-0.05, 0) is 94.5 Å². The van der Waals surface area contributed by atoms with Crippen molar-refractivity contribution in [2.45, 2.75) is 51.4 Å². The summed E-state index contributed by atoms with van der Waals surface area (Å²) in [5.41, 5.74) is 12.7. The van der Waals surface area contributed by atoms with Gasteiger partial charge >= 0.3 is 0 Å². The number of para-hydroxylation sites is 2. The van der Waals surface area contributed by atoms with E-state index in [0.717, 1.165) is 51.8 Å². The molecule has 58 heavy (non-hydrogen) atoms. The van der Waals surface area contributed by atoms with Crippen molar-refractivity contribution >= 4 is 43.6 Å². The number of benzene rings is 7. The van der Waals surface area contributed by atoms with E-state index in [1.165, 1.54) is 43.7 Å². The maximum absolute atomic E-state index is 5.41. The molecule has 1 aliphatic rings. The van der Waals surface area contributed by atoms with Crippen molar-refractivity contribution in [2.75, 3.05) is 0 Å². The predicted octanol–water partition coefficient (Wildman–Crippen LogP) is 13.4. The van der Waals surface area contributed by atoms with Gasteiger partial charge in [0.15, 0.2) is 11.6 Å². The smallest absolute Gasteiger partial charge is 0.238 e. The second-order valence-electron chi connectivity index (χ2n) is 17.2. The first kappa shape index (κ1) is 34.4. The first-order valence-electron chi connectivity index (χ1n) is 20.3. The van der Waals surface area contributed by atoms with E-state index >= 15 is 0 Å². The summed E-state index contributed by atoms with van der Waals surface area (Å²) in [6.07, 6.45) is 2.27. The Morgan fingerprint density at radius 1 is 0.379 bits per heavy atom. The molecule has 0 amide bonds. The number of rotatable bonds is 5. The fourth-order valence-corrected chi connectivity index (χ4v) is 9.39. The van der Waals surface area contributed by atoms with E-state index in [2.05, 4.69) is 182 Å². The summed E-state index contributed by atoms with van der Waals surface area (Å²) in [5.74, 6) is 1.88. The minimum atomic E-state index is 0.0163. The van der Waals surface area contributed by atoms with Gasteiger partial charge in [-0.25, -0.2) is 4.98 Å². The van der Waals surface area contributed by atoms with Crippen LogP contribution in [0.1, 0.15) is 51.7 Å². The Kier molecular flexibility index (Phi) is 7.61. The number of aromatic nitrogens is 5. The predicted molar refractivity (Wildman–Crippen MR) is 240 cm³/mol. The lowest BCUT2D eigenvalue weighted by Gasteiger charge is -2.42. The third kappa shape index (κ3) is 5.41. The highest BCUT2D eigenvalue weighted by Crippen LogP contribution is 2.49. The second-order valence-corrected chi connectivity index (χ2v) is 17.2. The fourth-order valence-electron chi connectivity index (χ4n) is 9.39. The normalized spacial score (nSPS) is 14.7. The van der Waals surface area contributed by atoms with E-state index in [9.17, 15) is 0 Å². The molecule has 0 atom stereocenters. The van der Waals surface area contributed by atoms with Crippen molar-refractivity contribution in [1.82, 2.24) is 24.1 Å². The molecule has 1 aliphatic carbocycles. The molecule has 0 spiro atoms. The Balaban J connectivity index is 1.26. The molecule has 0 saturated carbocycles. The molecule has 0 unspecified atom stereocenters. The SMILES string of the molecule is CC1(C)CCC(C)(C)c2cc3c(cc21)c1cc2c(cc1n3-c1nc(-c3ccccc3)nc(-c3cccc(-c4ccccc4)c3)n1)c1ccccc1n2-c1ccccc1. The molecule has 0 N–H and O–H groups in total. The zero-order valence-electron chi connectivity index (χ0n) is 33.2. The van der Waals surface area contributed by atoms with Crippen LogP contribution in [0, 0.1) is 0 Å². The first-order valence-corrected chi connectivity index (χ1v) is 20.3. The zero-order valence-corrected chi connectivity index (χ0v) is 33.2. The lowest BCUT2D eigenvalue weighted by molar-refractivity contribution is 0.332. The van der Waals surface area contributed by atoms with Gasteiger partial charge in [-0.1, -0.05) is 143 Å². The van der Waals surface area contributed by atoms with E-state index in [4.69, 9.17) is 15.0 Å². The van der Waals surface area contributed by atoms with Gasteiger partial charge in [0.05, 0.1) is 22.1 Å². The van der Waals surface area contributed by atoms with Crippen molar-refractivity contribution < 1.29 is 0 Å². The summed E-state index contributed by atoms with van der Waals surface area (Å²) in [6, 6.07) is 58.5. The van der Waals surface area contributed by atoms with Crippen molar-refractivity contribution in [3.05, 3.63) is 175 Å². The Hall–Kier alpha value is -6.85.